The van der Waals surface area contributed by atoms with E-state index >= 15 is 0 Å². The topological polar surface area (TPSA) is 111 Å². The van der Waals surface area contributed by atoms with Crippen LogP contribution in [0.25, 0.3) is 16.6 Å². The average molecular weight is 597 g/mol. The Hall–Kier alpha value is -4.87. The summed E-state index contributed by atoms with van der Waals surface area (Å²) in [6.45, 7) is 7.83. The molecule has 2 aromatic heterocycles. The third kappa shape index (κ3) is 5.24. The second-order valence-electron chi connectivity index (χ2n) is 11.0. The summed E-state index contributed by atoms with van der Waals surface area (Å²) in [4.78, 5) is 21.8. The molecule has 44 heavy (non-hydrogen) atoms. The summed E-state index contributed by atoms with van der Waals surface area (Å²) in [5.41, 5.74) is 11.8. The molecule has 7 rings (SSSR count). The highest BCUT2D eigenvalue weighted by Crippen LogP contribution is 2.36. The van der Waals surface area contributed by atoms with Gasteiger partial charge in [-0.15, -0.1) is 0 Å². The Balaban J connectivity index is 1.18. The fraction of sp³-hybridized carbons (Fsp3) is 0.273. The largest absolute Gasteiger partial charge is 0.454 e. The Morgan fingerprint density at radius 2 is 1.59 bits per heavy atom. The van der Waals surface area contributed by atoms with Crippen LogP contribution >= 0.6 is 0 Å². The minimum atomic E-state index is -0.444. The maximum Gasteiger partial charge on any atom is 0.214 e. The van der Waals surface area contributed by atoms with E-state index < -0.39 is 5.82 Å². The van der Waals surface area contributed by atoms with Crippen molar-refractivity contribution in [3.05, 3.63) is 89.5 Å². The van der Waals surface area contributed by atoms with Gasteiger partial charge in [0.05, 0.1) is 60.9 Å². The lowest BCUT2D eigenvalue weighted by atomic mass is 10.1. The van der Waals surface area contributed by atoms with Crippen LogP contribution in [0.15, 0.2) is 66.9 Å². The van der Waals surface area contributed by atoms with Crippen molar-refractivity contribution in [1.29, 1.82) is 0 Å². The number of nitrogens with one attached hydrogen (secondary N) is 1. The Labute approximate surface area is 253 Å². The highest BCUT2D eigenvalue weighted by atomic mass is 19.1. The number of H-pyrrole nitrogens is 1. The molecule has 0 amide bonds. The molecule has 0 unspecified atom stereocenters. The number of hydrogen-bond donors (Lipinski definition) is 2. The second-order valence-corrected chi connectivity index (χ2v) is 11.0. The predicted octanol–water partition coefficient (Wildman–Crippen LogP) is 5.08. The third-order valence-electron chi connectivity index (χ3n) is 8.18. The number of rotatable bonds is 7. The average Bonchev–Trinajstić information content (AvgIpc) is 3.65. The number of nitrogens with two attached hydrogens (primary N) is 1. The Morgan fingerprint density at radius 1 is 0.909 bits per heavy atom. The van der Waals surface area contributed by atoms with Crippen LogP contribution in [0.4, 0.5) is 21.6 Å². The standard InChI is InChI=1S/C33H33FN6O4/c1-21-16-23(44-31-5-3-2-4-25(31)34)6-7-28(21)40-33(35)24(20-36-40)32(41)27-17-22-18-29(38-8-12-42-13-9-38)30(19-26(22)37-27)39-10-14-43-15-11-39/h2-7,16-20,37H,8-15,35H2,1H3. The van der Waals surface area contributed by atoms with Crippen molar-refractivity contribution in [3.63, 3.8) is 0 Å². The molecule has 0 atom stereocenters. The van der Waals surface area contributed by atoms with Crippen molar-refractivity contribution in [2.24, 2.45) is 0 Å². The van der Waals surface area contributed by atoms with Crippen LogP contribution in [0.1, 0.15) is 21.6 Å². The Bertz CT molecular complexity index is 1780. The molecule has 3 aromatic carbocycles. The van der Waals surface area contributed by atoms with Gasteiger partial charge in [0.15, 0.2) is 11.6 Å². The van der Waals surface area contributed by atoms with Gasteiger partial charge in [-0.3, -0.25) is 4.79 Å². The summed E-state index contributed by atoms with van der Waals surface area (Å²) in [6.07, 6.45) is 1.49. The fourth-order valence-corrected chi connectivity index (χ4v) is 5.85. The number of nitrogens with zero attached hydrogens (tertiary/aromatic N) is 4. The predicted molar refractivity (Wildman–Crippen MR) is 167 cm³/mol. The van der Waals surface area contributed by atoms with E-state index in [9.17, 15) is 9.18 Å². The van der Waals surface area contributed by atoms with Crippen LogP contribution in [0.3, 0.4) is 0 Å². The Morgan fingerprint density at radius 3 is 2.27 bits per heavy atom. The van der Waals surface area contributed by atoms with Crippen molar-refractivity contribution >= 4 is 33.9 Å². The van der Waals surface area contributed by atoms with E-state index in [2.05, 4.69) is 32.0 Å². The molecule has 226 valence electrons. The molecule has 10 nitrogen and oxygen atoms in total. The number of fused-ring (bicyclic) bond motifs is 1. The van der Waals surface area contributed by atoms with Crippen molar-refractivity contribution in [2.45, 2.75) is 6.92 Å². The van der Waals surface area contributed by atoms with Crippen molar-refractivity contribution in [1.82, 2.24) is 14.8 Å². The van der Waals surface area contributed by atoms with Crippen molar-refractivity contribution < 1.29 is 23.4 Å². The third-order valence-corrected chi connectivity index (χ3v) is 8.18. The van der Waals surface area contributed by atoms with E-state index in [1.54, 1.807) is 36.4 Å². The minimum absolute atomic E-state index is 0.138. The van der Waals surface area contributed by atoms with Crippen molar-refractivity contribution in [3.8, 4) is 17.2 Å². The van der Waals surface area contributed by atoms with E-state index in [-0.39, 0.29) is 17.4 Å². The molecule has 0 saturated carbocycles. The molecule has 2 aliphatic heterocycles. The van der Waals surface area contributed by atoms with Gasteiger partial charge in [-0.1, -0.05) is 12.1 Å². The molecule has 2 aliphatic rings. The lowest BCUT2D eigenvalue weighted by molar-refractivity contribution is 0.103. The van der Waals surface area contributed by atoms with E-state index in [1.807, 2.05) is 13.0 Å². The van der Waals surface area contributed by atoms with Gasteiger partial charge in [-0.05, 0) is 61.0 Å². The Kier molecular flexibility index (Phi) is 7.41. The first-order valence-corrected chi connectivity index (χ1v) is 14.7. The van der Waals surface area contributed by atoms with E-state index in [1.165, 1.54) is 16.9 Å². The van der Waals surface area contributed by atoms with Crippen LogP contribution in [0.2, 0.25) is 0 Å². The number of carbonyl (C=O) groups excluding carboxylic acids is 1. The van der Waals surface area contributed by atoms with Crippen LogP contribution < -0.4 is 20.3 Å². The van der Waals surface area contributed by atoms with Gasteiger partial charge in [0.1, 0.15) is 11.6 Å². The number of carbonyl (C=O) groups is 1. The molecular formula is C33H33FN6O4. The van der Waals surface area contributed by atoms with Gasteiger partial charge < -0.3 is 34.7 Å². The summed E-state index contributed by atoms with van der Waals surface area (Å²) in [7, 11) is 0. The number of aromatic nitrogens is 3. The molecule has 2 saturated heterocycles. The monoisotopic (exact) mass is 596 g/mol. The molecule has 5 aromatic rings. The number of anilines is 3. The highest BCUT2D eigenvalue weighted by molar-refractivity contribution is 6.13. The number of benzene rings is 3. The zero-order valence-electron chi connectivity index (χ0n) is 24.4. The SMILES string of the molecule is Cc1cc(Oc2ccccc2F)ccc1-n1ncc(C(=O)c2cc3cc(N4CCOCC4)c(N4CCOCC4)cc3[nH]2)c1N. The first-order chi connectivity index (χ1) is 21.5. The number of hydrogen-bond acceptors (Lipinski definition) is 8. The molecule has 0 aliphatic carbocycles. The lowest BCUT2D eigenvalue weighted by Crippen LogP contribution is -2.40. The molecule has 0 bridgehead atoms. The number of nitrogen functional groups attached to an aromatic ring is 1. The normalized spacial score (nSPS) is 15.6. The fourth-order valence-electron chi connectivity index (χ4n) is 5.85. The summed E-state index contributed by atoms with van der Waals surface area (Å²) in [6, 6.07) is 17.7. The number of morpholine rings is 2. The molecular weight excluding hydrogens is 563 g/mol. The maximum absolute atomic E-state index is 14.1. The molecule has 11 heteroatoms. The summed E-state index contributed by atoms with van der Waals surface area (Å²) in [5.74, 6) is 0.147. The number of aryl methyl sites for hydroxylation is 1. The van der Waals surface area contributed by atoms with Crippen LogP contribution in [-0.4, -0.2) is 73.2 Å². The maximum atomic E-state index is 14.1. The van der Waals surface area contributed by atoms with Gasteiger partial charge in [0.25, 0.3) is 0 Å². The molecule has 0 spiro atoms. The van der Waals surface area contributed by atoms with Gasteiger partial charge >= 0.3 is 0 Å². The number of ketones is 1. The zero-order valence-corrected chi connectivity index (χ0v) is 24.4. The van der Waals surface area contributed by atoms with Gasteiger partial charge in [0, 0.05) is 37.1 Å². The van der Waals surface area contributed by atoms with E-state index in [0.29, 0.717) is 49.1 Å². The summed E-state index contributed by atoms with van der Waals surface area (Å²) < 4.78 is 32.5. The highest BCUT2D eigenvalue weighted by Gasteiger charge is 2.24. The summed E-state index contributed by atoms with van der Waals surface area (Å²) >= 11 is 0. The second kappa shape index (κ2) is 11.7. The number of para-hydroxylation sites is 1. The first-order valence-electron chi connectivity index (χ1n) is 14.7. The minimum Gasteiger partial charge on any atom is -0.454 e. The van der Waals surface area contributed by atoms with E-state index in [0.717, 1.165) is 54.0 Å². The number of ether oxygens (including phenoxy) is 3. The quantitative estimate of drug-likeness (QED) is 0.250. The molecule has 4 heterocycles. The smallest absolute Gasteiger partial charge is 0.214 e. The number of aromatic amines is 1. The van der Waals surface area contributed by atoms with Crippen LogP contribution in [0.5, 0.6) is 11.5 Å². The molecule has 3 N–H and O–H groups in total. The van der Waals surface area contributed by atoms with Gasteiger partial charge in [-0.25, -0.2) is 9.07 Å². The lowest BCUT2D eigenvalue weighted by Gasteiger charge is -2.36. The molecule has 2 fully saturated rings. The molecule has 0 radical (unpaired) electrons. The van der Waals surface area contributed by atoms with Crippen LogP contribution in [-0.2, 0) is 9.47 Å². The van der Waals surface area contributed by atoms with E-state index in [4.69, 9.17) is 19.9 Å². The zero-order chi connectivity index (χ0) is 30.2. The first kappa shape index (κ1) is 27.9. The number of halogens is 1. The summed E-state index contributed by atoms with van der Waals surface area (Å²) in [5, 5.41) is 5.39. The van der Waals surface area contributed by atoms with Crippen LogP contribution in [0, 0.1) is 12.7 Å². The van der Waals surface area contributed by atoms with Crippen molar-refractivity contribution in [2.75, 3.05) is 68.1 Å². The van der Waals surface area contributed by atoms with Gasteiger partial charge in [-0.2, -0.15) is 5.10 Å². The van der Waals surface area contributed by atoms with Gasteiger partial charge in [0.2, 0.25) is 5.78 Å².